The van der Waals surface area contributed by atoms with Crippen molar-refractivity contribution in [2.75, 3.05) is 7.05 Å². The van der Waals surface area contributed by atoms with Gasteiger partial charge in [-0.25, -0.2) is 9.07 Å². The fourth-order valence-electron chi connectivity index (χ4n) is 2.09. The molecule has 0 aliphatic heterocycles. The second-order valence-electron chi connectivity index (χ2n) is 4.55. The van der Waals surface area contributed by atoms with E-state index in [1.54, 1.807) is 12.1 Å². The van der Waals surface area contributed by atoms with Gasteiger partial charge < -0.3 is 5.32 Å². The molecule has 0 radical (unpaired) electrons. The van der Waals surface area contributed by atoms with E-state index >= 15 is 0 Å². The number of rotatable bonds is 3. The first kappa shape index (κ1) is 12.8. The van der Waals surface area contributed by atoms with E-state index in [1.807, 2.05) is 38.6 Å². The molecule has 2 rings (SSSR count). The van der Waals surface area contributed by atoms with Gasteiger partial charge in [-0.05, 0) is 57.6 Å². The Morgan fingerprint density at radius 2 is 2.00 bits per heavy atom. The third kappa shape index (κ3) is 2.29. The fraction of sp³-hybridized carbons (Fsp3) is 0.357. The fourth-order valence-corrected chi connectivity index (χ4v) is 2.09. The molecule has 1 N–H and O–H groups in total. The van der Waals surface area contributed by atoms with Crippen LogP contribution in [0.25, 0.3) is 5.69 Å². The zero-order chi connectivity index (χ0) is 13.3. The Kier molecular flexibility index (Phi) is 3.48. The summed E-state index contributed by atoms with van der Waals surface area (Å²) >= 11 is 0. The summed E-state index contributed by atoms with van der Waals surface area (Å²) in [5.74, 6) is -0.225. The minimum absolute atomic E-state index is 0.0691. The second-order valence-corrected chi connectivity index (χ2v) is 4.55. The molecule has 0 bridgehead atoms. The van der Waals surface area contributed by atoms with Crippen LogP contribution in [0.5, 0.6) is 0 Å². The van der Waals surface area contributed by atoms with Crippen molar-refractivity contribution in [3.63, 3.8) is 0 Å². The lowest BCUT2D eigenvalue weighted by molar-refractivity contribution is 0.603. The largest absolute Gasteiger partial charge is 0.313 e. The minimum Gasteiger partial charge on any atom is -0.313 e. The molecule has 18 heavy (non-hydrogen) atoms. The third-order valence-corrected chi connectivity index (χ3v) is 3.13. The molecular formula is C14H18FN3. The number of halogens is 1. The molecule has 1 heterocycles. The first-order valence-corrected chi connectivity index (χ1v) is 6.03. The molecule has 2 aromatic rings. The van der Waals surface area contributed by atoms with Gasteiger partial charge in [0.2, 0.25) is 0 Å². The van der Waals surface area contributed by atoms with Crippen molar-refractivity contribution in [1.82, 2.24) is 15.1 Å². The van der Waals surface area contributed by atoms with Gasteiger partial charge in [-0.2, -0.15) is 5.10 Å². The van der Waals surface area contributed by atoms with Crippen LogP contribution in [0.15, 0.2) is 24.3 Å². The zero-order valence-electron chi connectivity index (χ0n) is 11.2. The highest BCUT2D eigenvalue weighted by Gasteiger charge is 2.14. The lowest BCUT2D eigenvalue weighted by atomic mass is 10.1. The first-order chi connectivity index (χ1) is 8.52. The summed E-state index contributed by atoms with van der Waals surface area (Å²) in [5.41, 5.74) is 3.83. The van der Waals surface area contributed by atoms with Crippen LogP contribution < -0.4 is 5.32 Å². The molecule has 1 aromatic carbocycles. The van der Waals surface area contributed by atoms with E-state index in [-0.39, 0.29) is 11.9 Å². The predicted molar refractivity (Wildman–Crippen MR) is 70.5 cm³/mol. The highest BCUT2D eigenvalue weighted by molar-refractivity contribution is 5.44. The summed E-state index contributed by atoms with van der Waals surface area (Å²) in [6.07, 6.45) is 0. The van der Waals surface area contributed by atoms with Crippen LogP contribution in [0.3, 0.4) is 0 Å². The SMILES string of the molecule is CNC(C)c1cc(F)ccc1-n1nc(C)cc1C. The van der Waals surface area contributed by atoms with Crippen molar-refractivity contribution >= 4 is 0 Å². The Labute approximate surface area is 107 Å². The molecule has 96 valence electrons. The van der Waals surface area contributed by atoms with Crippen LogP contribution in [-0.2, 0) is 0 Å². The van der Waals surface area contributed by atoms with E-state index in [0.717, 1.165) is 22.6 Å². The lowest BCUT2D eigenvalue weighted by Crippen LogP contribution is -2.16. The van der Waals surface area contributed by atoms with Gasteiger partial charge >= 0.3 is 0 Å². The Hall–Kier alpha value is -1.68. The molecule has 3 nitrogen and oxygen atoms in total. The molecule has 1 aromatic heterocycles. The normalized spacial score (nSPS) is 12.7. The maximum absolute atomic E-state index is 13.4. The van der Waals surface area contributed by atoms with Gasteiger partial charge in [0, 0.05) is 11.7 Å². The number of hydrogen-bond acceptors (Lipinski definition) is 2. The molecule has 1 unspecified atom stereocenters. The van der Waals surface area contributed by atoms with Gasteiger partial charge in [-0.3, -0.25) is 0 Å². The van der Waals surface area contributed by atoms with Crippen LogP contribution in [-0.4, -0.2) is 16.8 Å². The van der Waals surface area contributed by atoms with Gasteiger partial charge in [0.1, 0.15) is 5.82 Å². The van der Waals surface area contributed by atoms with Crippen molar-refractivity contribution < 1.29 is 4.39 Å². The molecule has 0 amide bonds. The molecule has 4 heteroatoms. The number of nitrogens with one attached hydrogen (secondary N) is 1. The smallest absolute Gasteiger partial charge is 0.123 e. The number of nitrogens with zero attached hydrogens (tertiary/aromatic N) is 2. The van der Waals surface area contributed by atoms with Gasteiger partial charge in [0.25, 0.3) is 0 Å². The molecule has 1 atom stereocenters. The molecule has 0 aliphatic rings. The number of hydrogen-bond donors (Lipinski definition) is 1. The standard InChI is InChI=1S/C14H18FN3/c1-9-7-10(2)18(17-9)14-6-5-12(15)8-13(14)11(3)16-4/h5-8,11,16H,1-4H3. The minimum atomic E-state index is -0.225. The molecular weight excluding hydrogens is 229 g/mol. The van der Waals surface area contributed by atoms with Crippen LogP contribution in [0.1, 0.15) is 29.9 Å². The maximum Gasteiger partial charge on any atom is 0.123 e. The van der Waals surface area contributed by atoms with Crippen LogP contribution in [0, 0.1) is 19.7 Å². The topological polar surface area (TPSA) is 29.9 Å². The van der Waals surface area contributed by atoms with Gasteiger partial charge in [0.05, 0.1) is 11.4 Å². The van der Waals surface area contributed by atoms with Gasteiger partial charge in [0.15, 0.2) is 0 Å². The van der Waals surface area contributed by atoms with Crippen molar-refractivity contribution in [3.05, 3.63) is 47.0 Å². The van der Waals surface area contributed by atoms with Crippen LogP contribution in [0.4, 0.5) is 4.39 Å². The van der Waals surface area contributed by atoms with Crippen molar-refractivity contribution in [1.29, 1.82) is 0 Å². The highest BCUT2D eigenvalue weighted by atomic mass is 19.1. The molecule has 0 saturated carbocycles. The van der Waals surface area contributed by atoms with E-state index in [1.165, 1.54) is 6.07 Å². The third-order valence-electron chi connectivity index (χ3n) is 3.13. The number of benzene rings is 1. The Balaban J connectivity index is 2.60. The Morgan fingerprint density at radius 1 is 1.28 bits per heavy atom. The summed E-state index contributed by atoms with van der Waals surface area (Å²) < 4.78 is 15.3. The molecule has 0 spiro atoms. The lowest BCUT2D eigenvalue weighted by Gasteiger charge is -2.17. The van der Waals surface area contributed by atoms with E-state index in [0.29, 0.717) is 0 Å². The average Bonchev–Trinajstić information content (AvgIpc) is 2.67. The predicted octanol–water partition coefficient (Wildman–Crippen LogP) is 2.91. The zero-order valence-corrected chi connectivity index (χ0v) is 11.2. The van der Waals surface area contributed by atoms with Crippen LogP contribution >= 0.6 is 0 Å². The summed E-state index contributed by atoms with van der Waals surface area (Å²) in [6, 6.07) is 6.89. The van der Waals surface area contributed by atoms with E-state index in [4.69, 9.17) is 0 Å². The second kappa shape index (κ2) is 4.90. The first-order valence-electron chi connectivity index (χ1n) is 6.03. The average molecular weight is 247 g/mol. The molecule has 0 fully saturated rings. The molecule has 0 aliphatic carbocycles. The van der Waals surface area contributed by atoms with Gasteiger partial charge in [-0.15, -0.1) is 0 Å². The summed E-state index contributed by atoms with van der Waals surface area (Å²) in [5, 5.41) is 7.59. The van der Waals surface area contributed by atoms with E-state index in [2.05, 4.69) is 10.4 Å². The molecule has 0 saturated heterocycles. The van der Waals surface area contributed by atoms with Crippen LogP contribution in [0.2, 0.25) is 0 Å². The van der Waals surface area contributed by atoms with E-state index in [9.17, 15) is 4.39 Å². The van der Waals surface area contributed by atoms with Gasteiger partial charge in [-0.1, -0.05) is 0 Å². The highest BCUT2D eigenvalue weighted by Crippen LogP contribution is 2.23. The maximum atomic E-state index is 13.4. The monoisotopic (exact) mass is 247 g/mol. The van der Waals surface area contributed by atoms with E-state index < -0.39 is 0 Å². The van der Waals surface area contributed by atoms with Crippen molar-refractivity contribution in [2.24, 2.45) is 0 Å². The number of aryl methyl sites for hydroxylation is 2. The summed E-state index contributed by atoms with van der Waals surface area (Å²) in [4.78, 5) is 0. The summed E-state index contributed by atoms with van der Waals surface area (Å²) in [7, 11) is 1.86. The van der Waals surface area contributed by atoms with Crippen molar-refractivity contribution in [3.8, 4) is 5.69 Å². The van der Waals surface area contributed by atoms with Crippen molar-refractivity contribution in [2.45, 2.75) is 26.8 Å². The Morgan fingerprint density at radius 3 is 2.56 bits per heavy atom. The number of aromatic nitrogens is 2. The Bertz CT molecular complexity index is 560. The summed E-state index contributed by atoms with van der Waals surface area (Å²) in [6.45, 7) is 5.95. The quantitative estimate of drug-likeness (QED) is 0.903.